The maximum absolute atomic E-state index is 12.6. The molecule has 1 heterocycles. The number of benzene rings is 1. The molecule has 1 aromatic heterocycles. The van der Waals surface area contributed by atoms with Crippen LogP contribution in [-0.2, 0) is 0 Å². The second kappa shape index (κ2) is 7.11. The predicted molar refractivity (Wildman–Crippen MR) is 85.5 cm³/mol. The first kappa shape index (κ1) is 16.1. The van der Waals surface area contributed by atoms with Gasteiger partial charge in [-0.05, 0) is 37.1 Å². The first-order valence-electron chi connectivity index (χ1n) is 7.51. The molecule has 0 aliphatic carbocycles. The van der Waals surface area contributed by atoms with Crippen LogP contribution in [0.25, 0.3) is 11.0 Å². The number of rotatable bonds is 6. The van der Waals surface area contributed by atoms with Crippen LogP contribution in [0.4, 0.5) is 0 Å². The maximum Gasteiger partial charge on any atom is 0.349 e. The third kappa shape index (κ3) is 3.30. The van der Waals surface area contributed by atoms with Gasteiger partial charge in [0.15, 0.2) is 0 Å². The van der Waals surface area contributed by atoms with E-state index in [-0.39, 0.29) is 11.5 Å². The van der Waals surface area contributed by atoms with Gasteiger partial charge in [-0.2, -0.15) is 0 Å². The van der Waals surface area contributed by atoms with Crippen LogP contribution in [0.5, 0.6) is 5.75 Å². The van der Waals surface area contributed by atoms with Gasteiger partial charge in [0.05, 0.1) is 7.11 Å². The molecule has 0 radical (unpaired) electrons. The topological polar surface area (TPSA) is 59.8 Å². The number of carbonyl (C=O) groups is 1. The predicted octanol–water partition coefficient (Wildman–Crippen LogP) is 3.06. The van der Waals surface area contributed by atoms with E-state index in [1.165, 1.54) is 0 Å². The zero-order valence-corrected chi connectivity index (χ0v) is 13.2. The SMILES string of the molecule is CCCN(CCC)C(=O)c1cc2cc(OC)ccc2oc1=O. The molecule has 2 aromatic rings. The Kier molecular flexibility index (Phi) is 5.20. The normalized spacial score (nSPS) is 10.7. The lowest BCUT2D eigenvalue weighted by Crippen LogP contribution is -2.35. The Morgan fingerprint density at radius 2 is 1.86 bits per heavy atom. The molecule has 0 aliphatic rings. The highest BCUT2D eigenvalue weighted by atomic mass is 16.5. The molecule has 0 aliphatic heterocycles. The fourth-order valence-electron chi connectivity index (χ4n) is 2.40. The van der Waals surface area contributed by atoms with Gasteiger partial charge < -0.3 is 14.1 Å². The molecule has 0 bridgehead atoms. The van der Waals surface area contributed by atoms with Crippen LogP contribution in [0.1, 0.15) is 37.0 Å². The summed E-state index contributed by atoms with van der Waals surface area (Å²) in [4.78, 5) is 26.4. The standard InChI is InChI=1S/C17H21NO4/c1-4-8-18(9-5-2)16(19)14-11-12-10-13(21-3)6-7-15(12)22-17(14)20/h6-7,10-11H,4-5,8-9H2,1-3H3. The summed E-state index contributed by atoms with van der Waals surface area (Å²) in [6.45, 7) is 5.26. The highest BCUT2D eigenvalue weighted by Crippen LogP contribution is 2.20. The molecule has 1 amide bonds. The zero-order valence-electron chi connectivity index (χ0n) is 13.2. The number of nitrogens with zero attached hydrogens (tertiary/aromatic N) is 1. The van der Waals surface area contributed by atoms with Crippen LogP contribution >= 0.6 is 0 Å². The van der Waals surface area contributed by atoms with Crippen molar-refractivity contribution in [2.75, 3.05) is 20.2 Å². The number of hydrogen-bond donors (Lipinski definition) is 0. The van der Waals surface area contributed by atoms with E-state index >= 15 is 0 Å². The van der Waals surface area contributed by atoms with Gasteiger partial charge in [0, 0.05) is 18.5 Å². The molecule has 0 saturated heterocycles. The van der Waals surface area contributed by atoms with Gasteiger partial charge in [-0.25, -0.2) is 4.79 Å². The zero-order chi connectivity index (χ0) is 16.1. The number of fused-ring (bicyclic) bond motifs is 1. The molecule has 5 heteroatoms. The Hall–Kier alpha value is -2.30. The lowest BCUT2D eigenvalue weighted by molar-refractivity contribution is 0.0751. The Bertz CT molecular complexity index is 714. The van der Waals surface area contributed by atoms with Crippen molar-refractivity contribution in [2.45, 2.75) is 26.7 Å². The molecule has 118 valence electrons. The van der Waals surface area contributed by atoms with Gasteiger partial charge in [0.1, 0.15) is 16.9 Å². The summed E-state index contributed by atoms with van der Waals surface area (Å²) in [7, 11) is 1.57. The fraction of sp³-hybridized carbons (Fsp3) is 0.412. The Labute approximate surface area is 129 Å². The summed E-state index contributed by atoms with van der Waals surface area (Å²) < 4.78 is 10.4. The molecule has 5 nitrogen and oxygen atoms in total. The van der Waals surface area contributed by atoms with Gasteiger partial charge in [0.2, 0.25) is 0 Å². The number of methoxy groups -OCH3 is 1. The van der Waals surface area contributed by atoms with E-state index in [9.17, 15) is 9.59 Å². The minimum Gasteiger partial charge on any atom is -0.497 e. The molecule has 0 N–H and O–H groups in total. The Balaban J connectivity index is 2.46. The van der Waals surface area contributed by atoms with Crippen molar-refractivity contribution in [3.05, 3.63) is 40.2 Å². The Morgan fingerprint density at radius 1 is 1.18 bits per heavy atom. The van der Waals surface area contributed by atoms with Crippen molar-refractivity contribution in [2.24, 2.45) is 0 Å². The second-order valence-electron chi connectivity index (χ2n) is 5.14. The van der Waals surface area contributed by atoms with E-state index in [0.717, 1.165) is 12.8 Å². The van der Waals surface area contributed by atoms with E-state index in [1.807, 2.05) is 13.8 Å². The number of hydrogen-bond acceptors (Lipinski definition) is 4. The molecule has 1 aromatic carbocycles. The summed E-state index contributed by atoms with van der Waals surface area (Å²) in [5.41, 5.74) is -0.0811. The maximum atomic E-state index is 12.6. The van der Waals surface area contributed by atoms with E-state index < -0.39 is 5.63 Å². The van der Waals surface area contributed by atoms with Crippen LogP contribution < -0.4 is 10.4 Å². The summed E-state index contributed by atoms with van der Waals surface area (Å²) in [5, 5.41) is 0.676. The van der Waals surface area contributed by atoms with Crippen LogP contribution in [0.15, 0.2) is 33.5 Å². The van der Waals surface area contributed by atoms with Crippen LogP contribution in [0.2, 0.25) is 0 Å². The highest BCUT2D eigenvalue weighted by Gasteiger charge is 2.19. The lowest BCUT2D eigenvalue weighted by atomic mass is 10.1. The average molecular weight is 303 g/mol. The molecule has 0 saturated carbocycles. The van der Waals surface area contributed by atoms with Crippen molar-refractivity contribution in [3.8, 4) is 5.75 Å². The molecule has 22 heavy (non-hydrogen) atoms. The van der Waals surface area contributed by atoms with E-state index in [4.69, 9.17) is 9.15 Å². The largest absolute Gasteiger partial charge is 0.497 e. The van der Waals surface area contributed by atoms with Crippen molar-refractivity contribution < 1.29 is 13.9 Å². The van der Waals surface area contributed by atoms with Crippen LogP contribution in [0.3, 0.4) is 0 Å². The monoisotopic (exact) mass is 303 g/mol. The van der Waals surface area contributed by atoms with Crippen molar-refractivity contribution >= 4 is 16.9 Å². The van der Waals surface area contributed by atoms with Gasteiger partial charge in [-0.15, -0.1) is 0 Å². The minimum absolute atomic E-state index is 0.0719. The van der Waals surface area contributed by atoms with E-state index in [2.05, 4.69) is 0 Å². The minimum atomic E-state index is -0.597. The van der Waals surface area contributed by atoms with Crippen molar-refractivity contribution in [3.63, 3.8) is 0 Å². The molecule has 0 fully saturated rings. The smallest absolute Gasteiger partial charge is 0.349 e. The lowest BCUT2D eigenvalue weighted by Gasteiger charge is -2.20. The molecule has 0 spiro atoms. The molecule has 0 unspecified atom stereocenters. The van der Waals surface area contributed by atoms with Gasteiger partial charge in [0.25, 0.3) is 5.91 Å². The first-order chi connectivity index (χ1) is 10.6. The second-order valence-corrected chi connectivity index (χ2v) is 5.14. The molecular formula is C17H21NO4. The van der Waals surface area contributed by atoms with Gasteiger partial charge >= 0.3 is 5.63 Å². The molecule has 2 rings (SSSR count). The van der Waals surface area contributed by atoms with E-state index in [0.29, 0.717) is 29.8 Å². The molecule has 0 atom stereocenters. The highest BCUT2D eigenvalue weighted by molar-refractivity contribution is 5.96. The Morgan fingerprint density at radius 3 is 2.45 bits per heavy atom. The number of amides is 1. The summed E-state index contributed by atoms with van der Waals surface area (Å²) in [6, 6.07) is 6.72. The summed E-state index contributed by atoms with van der Waals surface area (Å²) in [5.74, 6) is 0.376. The quantitative estimate of drug-likeness (QED) is 0.770. The average Bonchev–Trinajstić information content (AvgIpc) is 2.53. The van der Waals surface area contributed by atoms with Gasteiger partial charge in [-0.3, -0.25) is 4.79 Å². The van der Waals surface area contributed by atoms with Gasteiger partial charge in [-0.1, -0.05) is 13.8 Å². The van der Waals surface area contributed by atoms with E-state index in [1.54, 1.807) is 36.3 Å². The third-order valence-corrected chi connectivity index (χ3v) is 3.44. The summed E-state index contributed by atoms with van der Waals surface area (Å²) in [6.07, 6.45) is 1.69. The first-order valence-corrected chi connectivity index (χ1v) is 7.51. The molecular weight excluding hydrogens is 282 g/mol. The third-order valence-electron chi connectivity index (χ3n) is 3.44. The van der Waals surface area contributed by atoms with Crippen molar-refractivity contribution in [1.29, 1.82) is 0 Å². The fourth-order valence-corrected chi connectivity index (χ4v) is 2.40. The van der Waals surface area contributed by atoms with Crippen molar-refractivity contribution in [1.82, 2.24) is 4.90 Å². The number of ether oxygens (including phenoxy) is 1. The van der Waals surface area contributed by atoms with Crippen LogP contribution in [0, 0.1) is 0 Å². The summed E-state index contributed by atoms with van der Waals surface area (Å²) >= 11 is 0. The van der Waals surface area contributed by atoms with Crippen LogP contribution in [-0.4, -0.2) is 31.0 Å². The number of carbonyl (C=O) groups excluding carboxylic acids is 1.